The first-order chi connectivity index (χ1) is 16.0. The van der Waals surface area contributed by atoms with Gasteiger partial charge in [-0.25, -0.2) is 8.42 Å². The molecule has 2 aromatic carbocycles. The Kier molecular flexibility index (Phi) is 6.77. The number of hydrogen-bond acceptors (Lipinski definition) is 5. The summed E-state index contributed by atoms with van der Waals surface area (Å²) >= 11 is 0.739. The number of fused-ring (bicyclic) bond motifs is 1. The lowest BCUT2D eigenvalue weighted by Crippen LogP contribution is -2.40. The monoisotopic (exact) mass is 511 g/mol. The van der Waals surface area contributed by atoms with E-state index < -0.39 is 21.1 Å². The molecule has 0 saturated heterocycles. The molecule has 0 spiro atoms. The summed E-state index contributed by atoms with van der Waals surface area (Å²) in [5, 5.41) is 6.94. The van der Waals surface area contributed by atoms with Gasteiger partial charge < -0.3 is 10.6 Å². The fourth-order valence-electron chi connectivity index (χ4n) is 4.14. The van der Waals surface area contributed by atoms with Crippen LogP contribution in [-0.4, -0.2) is 32.7 Å². The summed E-state index contributed by atoms with van der Waals surface area (Å²) in [6.07, 6.45) is -0.366. The Labute approximate surface area is 199 Å². The summed E-state index contributed by atoms with van der Waals surface area (Å²) in [6.45, 7) is 0. The number of carbonyl (C=O) groups is 1. The van der Waals surface area contributed by atoms with E-state index in [2.05, 4.69) is 15.4 Å². The van der Waals surface area contributed by atoms with Crippen molar-refractivity contribution in [3.05, 3.63) is 59.0 Å². The molecule has 0 aliphatic heterocycles. The van der Waals surface area contributed by atoms with Crippen LogP contribution in [0.4, 0.5) is 24.5 Å². The molecule has 1 heterocycles. The second-order valence-corrected chi connectivity index (χ2v) is 11.3. The van der Waals surface area contributed by atoms with Crippen LogP contribution in [0.2, 0.25) is 0 Å². The average Bonchev–Trinajstić information content (AvgIpc) is 3.20. The quantitative estimate of drug-likeness (QED) is 0.411. The van der Waals surface area contributed by atoms with Crippen LogP contribution in [0, 0.1) is 0 Å². The van der Waals surface area contributed by atoms with E-state index in [9.17, 15) is 26.4 Å². The van der Waals surface area contributed by atoms with Crippen molar-refractivity contribution in [2.75, 3.05) is 16.3 Å². The van der Waals surface area contributed by atoms with Crippen molar-refractivity contribution in [1.82, 2.24) is 5.32 Å². The van der Waals surface area contributed by atoms with Gasteiger partial charge in [-0.15, -0.1) is 11.3 Å². The highest BCUT2D eigenvalue weighted by Crippen LogP contribution is 2.40. The number of sulfonamides is 1. The van der Waals surface area contributed by atoms with Crippen molar-refractivity contribution in [3.8, 4) is 0 Å². The Balaban J connectivity index is 1.35. The third-order valence-electron chi connectivity index (χ3n) is 5.69. The molecule has 4 rings (SSSR count). The molecule has 0 bridgehead atoms. The summed E-state index contributed by atoms with van der Waals surface area (Å²) in [7, 11) is -3.44. The number of nitrogens with one attached hydrogen (secondary N) is 3. The van der Waals surface area contributed by atoms with Gasteiger partial charge in [-0.1, -0.05) is 12.1 Å². The maximum Gasteiger partial charge on any atom is 0.425 e. The summed E-state index contributed by atoms with van der Waals surface area (Å²) in [4.78, 5) is 12.0. The van der Waals surface area contributed by atoms with E-state index >= 15 is 0 Å². The van der Waals surface area contributed by atoms with Crippen LogP contribution in [-0.2, 0) is 16.2 Å². The molecule has 34 heavy (non-hydrogen) atoms. The number of alkyl halides is 3. The Bertz CT molecular complexity index is 1300. The van der Waals surface area contributed by atoms with Crippen LogP contribution in [0.3, 0.4) is 0 Å². The van der Waals surface area contributed by atoms with Crippen LogP contribution in [0.1, 0.15) is 40.9 Å². The van der Waals surface area contributed by atoms with E-state index in [0.29, 0.717) is 27.0 Å². The molecule has 0 atom stereocenters. The van der Waals surface area contributed by atoms with E-state index in [0.717, 1.165) is 43.3 Å². The zero-order valence-electron chi connectivity index (χ0n) is 18.3. The van der Waals surface area contributed by atoms with Crippen LogP contribution < -0.4 is 15.4 Å². The topological polar surface area (TPSA) is 87.3 Å². The predicted molar refractivity (Wildman–Crippen MR) is 129 cm³/mol. The largest absolute Gasteiger partial charge is 0.425 e. The average molecular weight is 512 g/mol. The van der Waals surface area contributed by atoms with Gasteiger partial charge in [0.05, 0.1) is 6.26 Å². The fraction of sp³-hybridized carbons (Fsp3) is 0.348. The maximum absolute atomic E-state index is 13.1. The molecular weight excluding hydrogens is 487 g/mol. The van der Waals surface area contributed by atoms with Gasteiger partial charge in [0, 0.05) is 39.1 Å². The van der Waals surface area contributed by atoms with E-state index in [1.807, 2.05) is 0 Å². The second-order valence-electron chi connectivity index (χ2n) is 8.45. The molecular formula is C23H24F3N3O3S2. The number of benzene rings is 2. The van der Waals surface area contributed by atoms with E-state index in [-0.39, 0.29) is 18.0 Å². The van der Waals surface area contributed by atoms with E-state index in [1.54, 1.807) is 36.4 Å². The lowest BCUT2D eigenvalue weighted by molar-refractivity contribution is -0.134. The molecule has 1 amide bonds. The van der Waals surface area contributed by atoms with Crippen LogP contribution in [0.25, 0.3) is 10.1 Å². The third kappa shape index (κ3) is 6.01. The molecule has 11 heteroatoms. The second kappa shape index (κ2) is 9.46. The number of halogens is 3. The zero-order valence-corrected chi connectivity index (χ0v) is 19.9. The first-order valence-corrected chi connectivity index (χ1v) is 13.4. The molecule has 3 aromatic rings. The first-order valence-electron chi connectivity index (χ1n) is 10.7. The van der Waals surface area contributed by atoms with Gasteiger partial charge in [0.2, 0.25) is 10.0 Å². The summed E-state index contributed by atoms with van der Waals surface area (Å²) < 4.78 is 65.1. The zero-order chi connectivity index (χ0) is 24.5. The minimum absolute atomic E-state index is 0.0363. The molecule has 6 nitrogen and oxygen atoms in total. The first kappa shape index (κ1) is 24.3. The smallest absolute Gasteiger partial charge is 0.382 e. The van der Waals surface area contributed by atoms with Crippen molar-refractivity contribution in [2.45, 2.75) is 43.9 Å². The summed E-state index contributed by atoms with van der Waals surface area (Å²) in [6, 6.07) is 12.8. The summed E-state index contributed by atoms with van der Waals surface area (Å²) in [5.74, 6) is -0.281. The van der Waals surface area contributed by atoms with Crippen molar-refractivity contribution in [1.29, 1.82) is 0 Å². The number of carbonyl (C=O) groups excluding carboxylic acids is 1. The molecule has 1 fully saturated rings. The van der Waals surface area contributed by atoms with Crippen molar-refractivity contribution >= 4 is 48.7 Å². The molecule has 0 radical (unpaired) electrons. The highest BCUT2D eigenvalue weighted by molar-refractivity contribution is 7.92. The number of thiophene rings is 1. The normalized spacial score (nSPS) is 19.1. The highest BCUT2D eigenvalue weighted by atomic mass is 32.2. The lowest BCUT2D eigenvalue weighted by atomic mass is 9.90. The highest BCUT2D eigenvalue weighted by Gasteiger charge is 2.33. The van der Waals surface area contributed by atoms with Gasteiger partial charge in [-0.2, -0.15) is 13.2 Å². The Hall–Kier alpha value is -2.79. The Morgan fingerprint density at radius 2 is 1.68 bits per heavy atom. The van der Waals surface area contributed by atoms with Gasteiger partial charge >= 0.3 is 6.18 Å². The molecule has 1 aliphatic rings. The maximum atomic E-state index is 13.1. The van der Waals surface area contributed by atoms with Crippen LogP contribution in [0.5, 0.6) is 0 Å². The van der Waals surface area contributed by atoms with Gasteiger partial charge in [0.1, 0.15) is 4.88 Å². The number of amides is 1. The Morgan fingerprint density at radius 3 is 2.35 bits per heavy atom. The van der Waals surface area contributed by atoms with E-state index in [4.69, 9.17) is 0 Å². The molecule has 1 saturated carbocycles. The van der Waals surface area contributed by atoms with Crippen molar-refractivity contribution in [3.63, 3.8) is 0 Å². The minimum Gasteiger partial charge on any atom is -0.382 e. The minimum atomic E-state index is -4.36. The lowest BCUT2D eigenvalue weighted by Gasteiger charge is -2.30. The molecule has 3 N–H and O–H groups in total. The predicted octanol–water partition coefficient (Wildman–Crippen LogP) is 5.44. The van der Waals surface area contributed by atoms with Gasteiger partial charge in [0.25, 0.3) is 5.91 Å². The van der Waals surface area contributed by atoms with E-state index in [1.165, 1.54) is 12.1 Å². The van der Waals surface area contributed by atoms with Gasteiger partial charge in [-0.3, -0.25) is 9.52 Å². The van der Waals surface area contributed by atoms with Crippen molar-refractivity contribution in [2.24, 2.45) is 0 Å². The molecule has 1 aliphatic carbocycles. The van der Waals surface area contributed by atoms with Gasteiger partial charge in [-0.05, 0) is 62.1 Å². The Morgan fingerprint density at radius 1 is 1.00 bits per heavy atom. The van der Waals surface area contributed by atoms with Crippen LogP contribution in [0.15, 0.2) is 48.5 Å². The van der Waals surface area contributed by atoms with Gasteiger partial charge in [0.15, 0.2) is 0 Å². The fourth-order valence-corrected chi connectivity index (χ4v) is 5.65. The third-order valence-corrected chi connectivity index (χ3v) is 7.44. The van der Waals surface area contributed by atoms with Crippen LogP contribution >= 0.6 is 11.3 Å². The number of anilines is 2. The SMILES string of the molecule is CS(=O)(=O)Nc1cccc(C(=O)NC2CCC(Nc3cccc4sc(C(F)(F)F)cc34)CC2)c1. The molecule has 182 valence electrons. The number of rotatable bonds is 6. The molecule has 0 unspecified atom stereocenters. The number of hydrogen-bond donors (Lipinski definition) is 3. The van der Waals surface area contributed by atoms with Crippen molar-refractivity contribution < 1.29 is 26.4 Å². The standard InChI is InChI=1S/C23H24F3N3O3S2/c1-34(31,32)29-17-5-2-4-14(12-17)22(30)28-16-10-8-15(9-11-16)27-19-6-3-7-20-18(19)13-21(33-20)23(24,25)26/h2-7,12-13,15-16,27,29H,8-11H2,1H3,(H,28,30). The summed E-state index contributed by atoms with van der Waals surface area (Å²) in [5.41, 5.74) is 1.37. The molecule has 1 aromatic heterocycles.